The van der Waals surface area contributed by atoms with Crippen molar-refractivity contribution in [3.05, 3.63) is 101 Å². The third kappa shape index (κ3) is 2.81. The van der Waals surface area contributed by atoms with E-state index in [4.69, 9.17) is 5.73 Å². The smallest absolute Gasteiger partial charge is 0.0511 e. The van der Waals surface area contributed by atoms with Gasteiger partial charge in [0.1, 0.15) is 0 Å². The minimum Gasteiger partial charge on any atom is -0.361 e. The summed E-state index contributed by atoms with van der Waals surface area (Å²) in [6.07, 6.45) is 6.00. The number of nitrogens with one attached hydrogen (secondary N) is 1. The molecule has 0 amide bonds. The standard InChI is InChI=1S/C19H18N2/c20-14-17-12-7-13-21-19(17)18(15-8-3-1-4-9-15)16-10-5-2-6-11-16/h1-13,21H,14,20H2. The molecule has 3 rings (SSSR count). The van der Waals surface area contributed by atoms with Crippen molar-refractivity contribution in [2.24, 2.45) is 5.73 Å². The van der Waals surface area contributed by atoms with Crippen LogP contribution in [0.1, 0.15) is 11.1 Å². The summed E-state index contributed by atoms with van der Waals surface area (Å²) in [6, 6.07) is 20.8. The van der Waals surface area contributed by atoms with E-state index in [9.17, 15) is 0 Å². The summed E-state index contributed by atoms with van der Waals surface area (Å²) in [5.41, 5.74) is 11.6. The minimum absolute atomic E-state index is 0.510. The summed E-state index contributed by atoms with van der Waals surface area (Å²) < 4.78 is 0. The number of hydrogen-bond donors (Lipinski definition) is 2. The van der Waals surface area contributed by atoms with E-state index < -0.39 is 0 Å². The molecule has 0 aliphatic carbocycles. The third-order valence-corrected chi connectivity index (χ3v) is 3.54. The van der Waals surface area contributed by atoms with Gasteiger partial charge in [0, 0.05) is 18.3 Å². The second kappa shape index (κ2) is 6.25. The largest absolute Gasteiger partial charge is 0.361 e. The van der Waals surface area contributed by atoms with Crippen molar-refractivity contribution in [3.8, 4) is 0 Å². The molecule has 104 valence electrons. The first kappa shape index (κ1) is 13.4. The summed E-state index contributed by atoms with van der Waals surface area (Å²) in [6.45, 7) is 0.510. The van der Waals surface area contributed by atoms with Crippen LogP contribution < -0.4 is 11.1 Å². The van der Waals surface area contributed by atoms with Gasteiger partial charge in [0.05, 0.1) is 5.70 Å². The SMILES string of the molecule is NCC1=CC=CNC1=C(c1ccccc1)c1ccccc1. The Morgan fingerprint density at radius 1 is 0.857 bits per heavy atom. The Bertz CT molecular complexity index is 653. The molecule has 0 saturated carbocycles. The highest BCUT2D eigenvalue weighted by atomic mass is 14.9. The quantitative estimate of drug-likeness (QED) is 0.899. The first-order valence-electron chi connectivity index (χ1n) is 7.08. The maximum atomic E-state index is 5.91. The summed E-state index contributed by atoms with van der Waals surface area (Å²) in [5.74, 6) is 0. The molecule has 1 aliphatic heterocycles. The third-order valence-electron chi connectivity index (χ3n) is 3.54. The molecule has 0 bridgehead atoms. The van der Waals surface area contributed by atoms with Gasteiger partial charge in [0.2, 0.25) is 0 Å². The summed E-state index contributed by atoms with van der Waals surface area (Å²) >= 11 is 0. The van der Waals surface area contributed by atoms with Gasteiger partial charge in [-0.25, -0.2) is 0 Å². The van der Waals surface area contributed by atoms with Crippen molar-refractivity contribution < 1.29 is 0 Å². The van der Waals surface area contributed by atoms with E-state index in [2.05, 4.69) is 59.9 Å². The number of nitrogens with two attached hydrogens (primary N) is 1. The van der Waals surface area contributed by atoms with Gasteiger partial charge in [-0.1, -0.05) is 66.7 Å². The topological polar surface area (TPSA) is 38.0 Å². The molecule has 2 aromatic rings. The van der Waals surface area contributed by atoms with Crippen LogP contribution in [0.15, 0.2) is 90.3 Å². The first-order chi connectivity index (χ1) is 10.4. The van der Waals surface area contributed by atoms with Crippen LogP contribution in [0.2, 0.25) is 0 Å². The highest BCUT2D eigenvalue weighted by Crippen LogP contribution is 2.29. The van der Waals surface area contributed by atoms with Crippen LogP contribution in [-0.4, -0.2) is 6.54 Å². The molecule has 0 radical (unpaired) electrons. The number of benzene rings is 2. The van der Waals surface area contributed by atoms with E-state index in [1.807, 2.05) is 24.4 Å². The molecule has 21 heavy (non-hydrogen) atoms. The second-order valence-corrected chi connectivity index (χ2v) is 4.88. The molecule has 0 spiro atoms. The Hall–Kier alpha value is -2.58. The maximum Gasteiger partial charge on any atom is 0.0511 e. The Labute approximate surface area is 125 Å². The fourth-order valence-electron chi connectivity index (χ4n) is 2.54. The summed E-state index contributed by atoms with van der Waals surface area (Å²) in [7, 11) is 0. The Morgan fingerprint density at radius 3 is 1.95 bits per heavy atom. The molecule has 2 heteroatoms. The van der Waals surface area contributed by atoms with E-state index in [0.29, 0.717) is 6.54 Å². The van der Waals surface area contributed by atoms with Gasteiger partial charge in [-0.15, -0.1) is 0 Å². The van der Waals surface area contributed by atoms with Crippen molar-refractivity contribution in [2.75, 3.05) is 6.54 Å². The van der Waals surface area contributed by atoms with Crippen molar-refractivity contribution in [2.45, 2.75) is 0 Å². The van der Waals surface area contributed by atoms with Gasteiger partial charge >= 0.3 is 0 Å². The second-order valence-electron chi connectivity index (χ2n) is 4.88. The van der Waals surface area contributed by atoms with Crippen molar-refractivity contribution >= 4 is 5.57 Å². The monoisotopic (exact) mass is 274 g/mol. The predicted octanol–water partition coefficient (Wildman–Crippen LogP) is 3.45. The van der Waals surface area contributed by atoms with E-state index in [0.717, 1.165) is 11.3 Å². The lowest BCUT2D eigenvalue weighted by Crippen LogP contribution is -2.19. The van der Waals surface area contributed by atoms with Gasteiger partial charge in [-0.3, -0.25) is 0 Å². The lowest BCUT2D eigenvalue weighted by atomic mass is 9.92. The Morgan fingerprint density at radius 2 is 1.43 bits per heavy atom. The van der Waals surface area contributed by atoms with Gasteiger partial charge < -0.3 is 11.1 Å². The highest BCUT2D eigenvalue weighted by Gasteiger charge is 2.15. The average molecular weight is 274 g/mol. The van der Waals surface area contributed by atoms with E-state index in [-0.39, 0.29) is 0 Å². The minimum atomic E-state index is 0.510. The van der Waals surface area contributed by atoms with Gasteiger partial charge in [0.25, 0.3) is 0 Å². The van der Waals surface area contributed by atoms with Crippen molar-refractivity contribution in [1.82, 2.24) is 5.32 Å². The average Bonchev–Trinajstić information content (AvgIpc) is 2.58. The molecular weight excluding hydrogens is 256 g/mol. The zero-order chi connectivity index (χ0) is 14.5. The predicted molar refractivity (Wildman–Crippen MR) is 88.3 cm³/mol. The lowest BCUT2D eigenvalue weighted by Gasteiger charge is -2.20. The van der Waals surface area contributed by atoms with Crippen molar-refractivity contribution in [1.29, 1.82) is 0 Å². The molecule has 0 aromatic heterocycles. The van der Waals surface area contributed by atoms with Crippen LogP contribution in [0.25, 0.3) is 5.57 Å². The zero-order valence-electron chi connectivity index (χ0n) is 11.8. The summed E-state index contributed by atoms with van der Waals surface area (Å²) in [5, 5.41) is 3.37. The van der Waals surface area contributed by atoms with Crippen LogP contribution in [0.4, 0.5) is 0 Å². The van der Waals surface area contributed by atoms with Gasteiger partial charge in [-0.05, 0) is 22.8 Å². The number of rotatable bonds is 3. The maximum absolute atomic E-state index is 5.91. The molecule has 2 aromatic carbocycles. The van der Waals surface area contributed by atoms with Crippen LogP contribution in [0.3, 0.4) is 0 Å². The Balaban J connectivity index is 2.22. The molecule has 0 atom stereocenters. The van der Waals surface area contributed by atoms with E-state index in [1.165, 1.54) is 16.7 Å². The highest BCUT2D eigenvalue weighted by molar-refractivity contribution is 5.84. The number of hydrogen-bond acceptors (Lipinski definition) is 2. The molecule has 3 N–H and O–H groups in total. The molecule has 0 fully saturated rings. The zero-order valence-corrected chi connectivity index (χ0v) is 11.8. The van der Waals surface area contributed by atoms with Crippen LogP contribution >= 0.6 is 0 Å². The van der Waals surface area contributed by atoms with E-state index >= 15 is 0 Å². The normalized spacial score (nSPS) is 13.6. The van der Waals surface area contributed by atoms with Crippen LogP contribution in [0.5, 0.6) is 0 Å². The van der Waals surface area contributed by atoms with Gasteiger partial charge in [0.15, 0.2) is 0 Å². The molecule has 1 aliphatic rings. The van der Waals surface area contributed by atoms with Gasteiger partial charge in [-0.2, -0.15) is 0 Å². The van der Waals surface area contributed by atoms with Crippen molar-refractivity contribution in [3.63, 3.8) is 0 Å². The van der Waals surface area contributed by atoms with Crippen LogP contribution in [0, 0.1) is 0 Å². The lowest BCUT2D eigenvalue weighted by molar-refractivity contribution is 1.00. The molecule has 2 nitrogen and oxygen atoms in total. The first-order valence-corrected chi connectivity index (χ1v) is 7.08. The fourth-order valence-corrected chi connectivity index (χ4v) is 2.54. The molecule has 0 saturated heterocycles. The number of allylic oxidation sites excluding steroid dienone is 2. The number of dihydropyridines is 1. The Kier molecular flexibility index (Phi) is 3.99. The molecule has 0 unspecified atom stereocenters. The van der Waals surface area contributed by atoms with E-state index in [1.54, 1.807) is 0 Å². The molecule has 1 heterocycles. The van der Waals surface area contributed by atoms with Crippen LogP contribution in [-0.2, 0) is 0 Å². The summed E-state index contributed by atoms with van der Waals surface area (Å²) in [4.78, 5) is 0. The fraction of sp³-hybridized carbons (Fsp3) is 0.0526. The molecular formula is C19H18N2.